The van der Waals surface area contributed by atoms with Crippen molar-refractivity contribution in [1.29, 1.82) is 0 Å². The summed E-state index contributed by atoms with van der Waals surface area (Å²) >= 11 is 3.23. The second-order valence-corrected chi connectivity index (χ2v) is 8.33. The molecule has 1 aliphatic carbocycles. The molecule has 0 atom stereocenters. The Kier molecular flexibility index (Phi) is 5.70. The van der Waals surface area contributed by atoms with Crippen molar-refractivity contribution in [3.8, 4) is 0 Å². The molecule has 0 bridgehead atoms. The maximum Gasteiger partial charge on any atom is 0.241 e. The largest absolute Gasteiger partial charge is 0.309 e. The summed E-state index contributed by atoms with van der Waals surface area (Å²) in [6.45, 7) is 1.16. The topological polar surface area (TPSA) is 58.2 Å². The van der Waals surface area contributed by atoms with Crippen LogP contribution in [0, 0.1) is 0 Å². The van der Waals surface area contributed by atoms with Crippen LogP contribution in [0.4, 0.5) is 0 Å². The van der Waals surface area contributed by atoms with Gasteiger partial charge in [0, 0.05) is 24.0 Å². The van der Waals surface area contributed by atoms with Crippen LogP contribution in [-0.2, 0) is 16.6 Å². The minimum Gasteiger partial charge on any atom is -0.309 e. The van der Waals surface area contributed by atoms with E-state index in [9.17, 15) is 8.42 Å². The van der Waals surface area contributed by atoms with Gasteiger partial charge in [-0.05, 0) is 42.7 Å². The van der Waals surface area contributed by atoms with Gasteiger partial charge in [0.2, 0.25) is 10.0 Å². The van der Waals surface area contributed by atoms with Gasteiger partial charge in [0.1, 0.15) is 0 Å². The van der Waals surface area contributed by atoms with Crippen LogP contribution < -0.4 is 10.0 Å². The van der Waals surface area contributed by atoms with Crippen LogP contribution >= 0.6 is 23.1 Å². The molecule has 4 nitrogen and oxygen atoms in total. The van der Waals surface area contributed by atoms with E-state index in [0.717, 1.165) is 17.1 Å². The molecular formula is C12H20N2O2S3. The number of sulfonamides is 1. The molecular weight excluding hydrogens is 300 g/mol. The van der Waals surface area contributed by atoms with Crippen LogP contribution in [0.5, 0.6) is 0 Å². The van der Waals surface area contributed by atoms with Gasteiger partial charge in [-0.3, -0.25) is 0 Å². The molecule has 2 rings (SSSR count). The van der Waals surface area contributed by atoms with Crippen molar-refractivity contribution in [2.45, 2.75) is 36.7 Å². The summed E-state index contributed by atoms with van der Waals surface area (Å²) in [6, 6.07) is 2.29. The van der Waals surface area contributed by atoms with E-state index in [1.807, 2.05) is 11.6 Å². The third-order valence-corrected chi connectivity index (χ3v) is 6.23. The number of hydrogen-bond acceptors (Lipinski definition) is 5. The molecule has 19 heavy (non-hydrogen) atoms. The monoisotopic (exact) mass is 320 g/mol. The van der Waals surface area contributed by atoms with Crippen molar-refractivity contribution in [3.05, 3.63) is 16.3 Å². The van der Waals surface area contributed by atoms with E-state index in [2.05, 4.69) is 10.0 Å². The molecule has 0 radical (unpaired) electrons. The van der Waals surface area contributed by atoms with Crippen molar-refractivity contribution >= 4 is 33.1 Å². The second kappa shape index (κ2) is 7.08. The lowest BCUT2D eigenvalue weighted by Gasteiger charge is -2.08. The van der Waals surface area contributed by atoms with E-state index in [4.69, 9.17) is 0 Å². The van der Waals surface area contributed by atoms with E-state index in [-0.39, 0.29) is 0 Å². The molecule has 0 saturated heterocycles. The van der Waals surface area contributed by atoms with E-state index < -0.39 is 10.0 Å². The molecule has 1 saturated carbocycles. The Hall–Kier alpha value is -0.0800. The van der Waals surface area contributed by atoms with Crippen molar-refractivity contribution < 1.29 is 8.42 Å². The van der Waals surface area contributed by atoms with Crippen molar-refractivity contribution in [1.82, 2.24) is 10.0 Å². The van der Waals surface area contributed by atoms with Gasteiger partial charge in [-0.2, -0.15) is 11.8 Å². The minimum atomic E-state index is -3.34. The highest BCUT2D eigenvalue weighted by atomic mass is 32.2. The lowest BCUT2D eigenvalue weighted by molar-refractivity contribution is 0.579. The van der Waals surface area contributed by atoms with E-state index in [1.165, 1.54) is 24.2 Å². The summed E-state index contributed by atoms with van der Waals surface area (Å²) < 4.78 is 27.1. The fourth-order valence-corrected chi connectivity index (χ4v) is 4.62. The third kappa shape index (κ3) is 4.75. The quantitative estimate of drug-likeness (QED) is 0.684. The van der Waals surface area contributed by atoms with Crippen LogP contribution in [0.15, 0.2) is 16.3 Å². The fraction of sp³-hybridized carbons (Fsp3) is 0.667. The molecule has 0 aliphatic heterocycles. The van der Waals surface area contributed by atoms with Crippen molar-refractivity contribution in [2.24, 2.45) is 0 Å². The van der Waals surface area contributed by atoms with Gasteiger partial charge >= 0.3 is 0 Å². The normalized spacial score (nSPS) is 15.8. The van der Waals surface area contributed by atoms with E-state index in [1.54, 1.807) is 17.8 Å². The van der Waals surface area contributed by atoms with Crippen molar-refractivity contribution in [3.63, 3.8) is 0 Å². The molecule has 1 fully saturated rings. The van der Waals surface area contributed by atoms with Crippen LogP contribution in [0.1, 0.15) is 24.1 Å². The van der Waals surface area contributed by atoms with Crippen LogP contribution in [-0.4, -0.2) is 33.0 Å². The molecule has 2 N–H and O–H groups in total. The SMILES string of the molecule is CSCCCNS(=O)(=O)c1ccsc1CNC1CC1. The maximum absolute atomic E-state index is 12.2. The summed E-state index contributed by atoms with van der Waals surface area (Å²) in [5.74, 6) is 0.974. The summed E-state index contributed by atoms with van der Waals surface area (Å²) in [5, 5.41) is 5.21. The lowest BCUT2D eigenvalue weighted by Crippen LogP contribution is -2.26. The van der Waals surface area contributed by atoms with Gasteiger partial charge in [-0.15, -0.1) is 11.3 Å². The average molecular weight is 321 g/mol. The third-order valence-electron chi connectivity index (χ3n) is 2.94. The fourth-order valence-electron chi connectivity index (χ4n) is 1.72. The second-order valence-electron chi connectivity index (χ2n) is 4.61. The summed E-state index contributed by atoms with van der Waals surface area (Å²) in [5.41, 5.74) is 0. The van der Waals surface area contributed by atoms with Crippen LogP contribution in [0.2, 0.25) is 0 Å². The van der Waals surface area contributed by atoms with Gasteiger partial charge in [-0.1, -0.05) is 0 Å². The zero-order valence-electron chi connectivity index (χ0n) is 11.0. The number of nitrogens with one attached hydrogen (secondary N) is 2. The number of rotatable bonds is 9. The Labute approximate surface area is 123 Å². The Morgan fingerprint density at radius 2 is 2.26 bits per heavy atom. The molecule has 1 aliphatic rings. The van der Waals surface area contributed by atoms with Gasteiger partial charge in [0.25, 0.3) is 0 Å². The van der Waals surface area contributed by atoms with Crippen LogP contribution in [0.25, 0.3) is 0 Å². The Morgan fingerprint density at radius 1 is 1.47 bits per heavy atom. The molecule has 0 aromatic carbocycles. The summed E-state index contributed by atoms with van der Waals surface area (Å²) in [6.07, 6.45) is 5.30. The highest BCUT2D eigenvalue weighted by Crippen LogP contribution is 2.24. The van der Waals surface area contributed by atoms with E-state index >= 15 is 0 Å². The molecule has 1 aromatic heterocycles. The lowest BCUT2D eigenvalue weighted by atomic mass is 10.4. The Morgan fingerprint density at radius 3 is 2.95 bits per heavy atom. The molecule has 1 aromatic rings. The van der Waals surface area contributed by atoms with Gasteiger partial charge in [0.15, 0.2) is 0 Å². The first-order valence-corrected chi connectivity index (χ1v) is 10.2. The smallest absolute Gasteiger partial charge is 0.241 e. The first-order chi connectivity index (χ1) is 9.13. The zero-order chi connectivity index (χ0) is 13.7. The molecule has 7 heteroatoms. The first-order valence-electron chi connectivity index (χ1n) is 6.42. The highest BCUT2D eigenvalue weighted by Gasteiger charge is 2.23. The number of thiophene rings is 1. The van der Waals surface area contributed by atoms with Crippen LogP contribution in [0.3, 0.4) is 0 Å². The van der Waals surface area contributed by atoms with Crippen molar-refractivity contribution in [2.75, 3.05) is 18.6 Å². The summed E-state index contributed by atoms with van der Waals surface area (Å²) in [4.78, 5) is 1.35. The predicted molar refractivity (Wildman–Crippen MR) is 82.4 cm³/mol. The molecule has 108 valence electrons. The van der Waals surface area contributed by atoms with Gasteiger partial charge in [-0.25, -0.2) is 13.1 Å². The Bertz CT molecular complexity index is 495. The predicted octanol–water partition coefficient (Wildman–Crippen LogP) is 2.03. The van der Waals surface area contributed by atoms with Gasteiger partial charge in [0.05, 0.1) is 4.90 Å². The minimum absolute atomic E-state index is 0.440. The molecule has 0 spiro atoms. The van der Waals surface area contributed by atoms with E-state index in [0.29, 0.717) is 24.0 Å². The zero-order valence-corrected chi connectivity index (χ0v) is 13.5. The molecule has 0 unspecified atom stereocenters. The summed E-state index contributed by atoms with van der Waals surface area (Å²) in [7, 11) is -3.34. The Balaban J connectivity index is 1.92. The van der Waals surface area contributed by atoms with Gasteiger partial charge < -0.3 is 5.32 Å². The average Bonchev–Trinajstić information content (AvgIpc) is 3.08. The molecule has 1 heterocycles. The number of thioether (sulfide) groups is 1. The highest BCUT2D eigenvalue weighted by molar-refractivity contribution is 7.98. The number of hydrogen-bond donors (Lipinski definition) is 2. The first kappa shape index (κ1) is 15.3. The molecule has 0 amide bonds. The standard InChI is InChI=1S/C12H20N2O2S3/c1-17-7-2-6-14-19(15,16)12-5-8-18-11(12)9-13-10-3-4-10/h5,8,10,13-14H,2-4,6-7,9H2,1H3. The maximum atomic E-state index is 12.2.